The van der Waals surface area contributed by atoms with Gasteiger partial charge in [0, 0.05) is 31.7 Å². The minimum Gasteiger partial charge on any atom is -0.337 e. The average Bonchev–Trinajstić information content (AvgIpc) is 2.99. The molecule has 2 aliphatic heterocycles. The number of benzene rings is 1. The van der Waals surface area contributed by atoms with Crippen molar-refractivity contribution in [2.24, 2.45) is 12.5 Å². The Hall–Kier alpha value is -2.14. The van der Waals surface area contributed by atoms with Crippen molar-refractivity contribution in [3.8, 4) is 0 Å². The fourth-order valence-electron chi connectivity index (χ4n) is 3.71. The Labute approximate surface area is 136 Å². The highest BCUT2D eigenvalue weighted by atomic mass is 16.2. The molecule has 1 amide bonds. The molecule has 5 nitrogen and oxygen atoms in total. The minimum atomic E-state index is -0.117. The highest BCUT2D eigenvalue weighted by Gasteiger charge is 2.53. The molecular formula is C18H22N4O. The summed E-state index contributed by atoms with van der Waals surface area (Å²) in [4.78, 5) is 21.4. The van der Waals surface area contributed by atoms with Crippen molar-refractivity contribution < 1.29 is 4.79 Å². The Morgan fingerprint density at radius 1 is 1.17 bits per heavy atom. The number of rotatable bonds is 3. The van der Waals surface area contributed by atoms with Gasteiger partial charge in [0.15, 0.2) is 0 Å². The molecule has 3 heterocycles. The molecule has 0 bridgehead atoms. The predicted octanol–water partition coefficient (Wildman–Crippen LogP) is 2.05. The first-order valence-electron chi connectivity index (χ1n) is 8.24. The number of amides is 1. The summed E-state index contributed by atoms with van der Waals surface area (Å²) in [5.74, 6) is 1.40. The van der Waals surface area contributed by atoms with Crippen LogP contribution in [0, 0.1) is 5.41 Å². The normalized spacial score (nSPS) is 20.7. The summed E-state index contributed by atoms with van der Waals surface area (Å²) >= 11 is 0. The van der Waals surface area contributed by atoms with E-state index in [1.807, 2.05) is 54.7 Å². The van der Waals surface area contributed by atoms with Crippen LogP contribution in [0.1, 0.15) is 18.7 Å². The van der Waals surface area contributed by atoms with Gasteiger partial charge in [-0.1, -0.05) is 18.2 Å². The van der Waals surface area contributed by atoms with Gasteiger partial charge < -0.3 is 9.47 Å². The highest BCUT2D eigenvalue weighted by Crippen LogP contribution is 2.43. The number of nitrogens with zero attached hydrogens (tertiary/aromatic N) is 4. The molecule has 1 spiro atoms. The lowest BCUT2D eigenvalue weighted by molar-refractivity contribution is -0.138. The summed E-state index contributed by atoms with van der Waals surface area (Å²) in [6.45, 7) is 3.69. The van der Waals surface area contributed by atoms with Gasteiger partial charge in [-0.2, -0.15) is 0 Å². The molecule has 0 atom stereocenters. The maximum absolute atomic E-state index is 12.7. The van der Waals surface area contributed by atoms with Crippen molar-refractivity contribution in [2.75, 3.05) is 24.5 Å². The largest absolute Gasteiger partial charge is 0.337 e. The van der Waals surface area contributed by atoms with Crippen LogP contribution in [-0.4, -0.2) is 40.0 Å². The molecule has 2 fully saturated rings. The van der Waals surface area contributed by atoms with Crippen LogP contribution in [0.2, 0.25) is 0 Å². The number of anilines is 1. The van der Waals surface area contributed by atoms with Gasteiger partial charge in [0.25, 0.3) is 0 Å². The quantitative estimate of drug-likeness (QED) is 0.815. The number of piperidine rings is 1. The van der Waals surface area contributed by atoms with Gasteiger partial charge in [0.1, 0.15) is 5.82 Å². The van der Waals surface area contributed by atoms with E-state index in [1.165, 1.54) is 0 Å². The van der Waals surface area contributed by atoms with Gasteiger partial charge in [-0.05, 0) is 38.1 Å². The summed E-state index contributed by atoms with van der Waals surface area (Å²) in [6, 6.07) is 9.99. The molecule has 0 radical (unpaired) electrons. The van der Waals surface area contributed by atoms with E-state index in [1.54, 1.807) is 0 Å². The van der Waals surface area contributed by atoms with E-state index in [-0.39, 0.29) is 5.41 Å². The number of carbonyl (C=O) groups excluding carboxylic acids is 1. The number of hydrogen-bond acceptors (Lipinski definition) is 3. The van der Waals surface area contributed by atoms with Gasteiger partial charge in [0.2, 0.25) is 5.91 Å². The molecule has 0 unspecified atom stereocenters. The third-order valence-corrected chi connectivity index (χ3v) is 5.33. The van der Waals surface area contributed by atoms with Crippen molar-refractivity contribution in [3.63, 3.8) is 0 Å². The van der Waals surface area contributed by atoms with E-state index in [9.17, 15) is 4.79 Å². The molecule has 4 rings (SSSR count). The Morgan fingerprint density at radius 3 is 2.52 bits per heavy atom. The minimum absolute atomic E-state index is 0.117. The molecule has 120 valence electrons. The van der Waals surface area contributed by atoms with Crippen molar-refractivity contribution in [1.29, 1.82) is 0 Å². The van der Waals surface area contributed by atoms with E-state index in [0.717, 1.165) is 50.5 Å². The van der Waals surface area contributed by atoms with Crippen LogP contribution in [0.3, 0.4) is 0 Å². The van der Waals surface area contributed by atoms with Gasteiger partial charge >= 0.3 is 0 Å². The Morgan fingerprint density at radius 2 is 1.91 bits per heavy atom. The van der Waals surface area contributed by atoms with Crippen molar-refractivity contribution in [1.82, 2.24) is 14.5 Å². The molecule has 23 heavy (non-hydrogen) atoms. The van der Waals surface area contributed by atoms with Crippen molar-refractivity contribution in [2.45, 2.75) is 19.4 Å². The van der Waals surface area contributed by atoms with Crippen LogP contribution in [-0.2, 0) is 18.4 Å². The Bertz CT molecular complexity index is 701. The second-order valence-electron chi connectivity index (χ2n) is 6.74. The van der Waals surface area contributed by atoms with Gasteiger partial charge in [-0.25, -0.2) is 4.98 Å². The number of para-hydroxylation sites is 1. The fraction of sp³-hybridized carbons (Fsp3) is 0.444. The summed E-state index contributed by atoms with van der Waals surface area (Å²) in [5, 5.41) is 0. The standard InChI is InChI=1S/C18H22N4O/c1-20-12-9-19-16(20)13-21-10-7-18(8-11-21)14-22(17(18)23)15-5-3-2-4-6-15/h2-6,9,12H,7-8,10-11,13-14H2,1H3. The van der Waals surface area contributed by atoms with Crippen molar-refractivity contribution >= 4 is 11.6 Å². The lowest BCUT2D eigenvalue weighted by atomic mass is 9.71. The fourth-order valence-corrected chi connectivity index (χ4v) is 3.71. The number of likely N-dealkylation sites (tertiary alicyclic amines) is 1. The zero-order valence-corrected chi connectivity index (χ0v) is 13.5. The molecule has 1 aromatic heterocycles. The second-order valence-corrected chi connectivity index (χ2v) is 6.74. The summed E-state index contributed by atoms with van der Waals surface area (Å²) in [7, 11) is 2.03. The average molecular weight is 310 g/mol. The number of carbonyl (C=O) groups is 1. The van der Waals surface area contributed by atoms with Gasteiger partial charge in [0.05, 0.1) is 12.0 Å². The predicted molar refractivity (Wildman–Crippen MR) is 88.9 cm³/mol. The van der Waals surface area contributed by atoms with E-state index >= 15 is 0 Å². The molecule has 0 aliphatic carbocycles. The van der Waals surface area contributed by atoms with E-state index in [2.05, 4.69) is 14.5 Å². The molecule has 1 aromatic carbocycles. The Balaban J connectivity index is 1.37. The zero-order chi connectivity index (χ0) is 15.9. The molecule has 5 heteroatoms. The first kappa shape index (κ1) is 14.5. The second kappa shape index (κ2) is 5.49. The van der Waals surface area contributed by atoms with Crippen LogP contribution in [0.4, 0.5) is 5.69 Å². The van der Waals surface area contributed by atoms with E-state index < -0.39 is 0 Å². The van der Waals surface area contributed by atoms with E-state index in [4.69, 9.17) is 0 Å². The third kappa shape index (κ3) is 2.45. The zero-order valence-electron chi connectivity index (χ0n) is 13.5. The van der Waals surface area contributed by atoms with Crippen LogP contribution < -0.4 is 4.90 Å². The van der Waals surface area contributed by atoms with Crippen LogP contribution in [0.5, 0.6) is 0 Å². The molecule has 2 saturated heterocycles. The Kier molecular flexibility index (Phi) is 3.45. The molecular weight excluding hydrogens is 288 g/mol. The number of hydrogen-bond donors (Lipinski definition) is 0. The topological polar surface area (TPSA) is 41.4 Å². The van der Waals surface area contributed by atoms with E-state index in [0.29, 0.717) is 5.91 Å². The summed E-state index contributed by atoms with van der Waals surface area (Å²) in [6.07, 6.45) is 5.74. The van der Waals surface area contributed by atoms with Crippen LogP contribution >= 0.6 is 0 Å². The van der Waals surface area contributed by atoms with Gasteiger partial charge in [-0.3, -0.25) is 9.69 Å². The maximum Gasteiger partial charge on any atom is 0.235 e. The SMILES string of the molecule is Cn1ccnc1CN1CCC2(CC1)CN(c1ccccc1)C2=O. The lowest BCUT2D eigenvalue weighted by Gasteiger charge is -2.52. The number of imidazole rings is 1. The lowest BCUT2D eigenvalue weighted by Crippen LogP contribution is -2.65. The first-order valence-corrected chi connectivity index (χ1v) is 8.24. The summed E-state index contributed by atoms with van der Waals surface area (Å²) < 4.78 is 2.07. The third-order valence-electron chi connectivity index (χ3n) is 5.33. The van der Waals surface area contributed by atoms with Crippen LogP contribution in [0.25, 0.3) is 0 Å². The van der Waals surface area contributed by atoms with Crippen molar-refractivity contribution in [3.05, 3.63) is 48.5 Å². The summed E-state index contributed by atoms with van der Waals surface area (Å²) in [5.41, 5.74) is 0.909. The molecule has 0 saturated carbocycles. The molecule has 0 N–H and O–H groups in total. The molecule has 2 aromatic rings. The highest BCUT2D eigenvalue weighted by molar-refractivity contribution is 6.04. The molecule has 2 aliphatic rings. The number of aryl methyl sites for hydroxylation is 1. The first-order chi connectivity index (χ1) is 11.2. The monoisotopic (exact) mass is 310 g/mol. The van der Waals surface area contributed by atoms with Gasteiger partial charge in [-0.15, -0.1) is 0 Å². The maximum atomic E-state index is 12.7. The number of aromatic nitrogens is 2. The van der Waals surface area contributed by atoms with Crippen LogP contribution in [0.15, 0.2) is 42.7 Å². The smallest absolute Gasteiger partial charge is 0.235 e. The number of β-lactam (4-membered cyclic amide) rings is 1.